The van der Waals surface area contributed by atoms with Crippen LogP contribution in [0.15, 0.2) is 91.0 Å². The Hall–Kier alpha value is -2.75. The fourth-order valence-electron chi connectivity index (χ4n) is 4.68. The maximum atomic E-state index is 12.0. The van der Waals surface area contributed by atoms with Crippen LogP contribution in [0.1, 0.15) is 41.6 Å². The summed E-state index contributed by atoms with van der Waals surface area (Å²) in [5, 5.41) is 11.1. The summed E-state index contributed by atoms with van der Waals surface area (Å²) in [6.45, 7) is 1.95. The van der Waals surface area contributed by atoms with E-state index in [-0.39, 0.29) is 29.8 Å². The van der Waals surface area contributed by atoms with E-state index in [9.17, 15) is 9.90 Å². The van der Waals surface area contributed by atoms with Gasteiger partial charge in [-0.1, -0.05) is 91.0 Å². The lowest BCUT2D eigenvalue weighted by molar-refractivity contribution is -0.199. The van der Waals surface area contributed by atoms with Gasteiger partial charge in [0.2, 0.25) is 0 Å². The van der Waals surface area contributed by atoms with E-state index >= 15 is 0 Å². The third-order valence-corrected chi connectivity index (χ3v) is 6.13. The first-order valence-corrected chi connectivity index (χ1v) is 10.1. The Balaban J connectivity index is 1.64. The minimum absolute atomic E-state index is 0.0723. The number of rotatable bonds is 7. The minimum Gasteiger partial charge on any atom is -0.368 e. The van der Waals surface area contributed by atoms with Crippen molar-refractivity contribution in [2.75, 3.05) is 0 Å². The minimum atomic E-state index is -0.975. The van der Waals surface area contributed by atoms with E-state index < -0.39 is 6.29 Å². The van der Waals surface area contributed by atoms with Gasteiger partial charge in [-0.3, -0.25) is 0 Å². The van der Waals surface area contributed by atoms with Crippen LogP contribution in [-0.4, -0.2) is 17.7 Å². The molecule has 1 fully saturated rings. The average molecular weight is 386 g/mol. The molecule has 6 atom stereocenters. The van der Waals surface area contributed by atoms with Gasteiger partial charge < -0.3 is 14.6 Å². The zero-order valence-corrected chi connectivity index (χ0v) is 16.5. The molecule has 0 heterocycles. The smallest absolute Gasteiger partial charge is 0.159 e. The number of benzene rings is 3. The molecule has 3 heteroatoms. The van der Waals surface area contributed by atoms with Gasteiger partial charge in [0, 0.05) is 23.7 Å². The number of aliphatic hydroxyl groups excluding tert-OH is 1. The van der Waals surface area contributed by atoms with E-state index in [0.717, 1.165) is 23.0 Å². The molecule has 0 bridgehead atoms. The monoisotopic (exact) mass is 386 g/mol. The van der Waals surface area contributed by atoms with Crippen molar-refractivity contribution in [3.8, 4) is 0 Å². The molecular weight excluding hydrogens is 360 g/mol. The summed E-state index contributed by atoms with van der Waals surface area (Å²) in [5.74, 6) is -0.523. The summed E-state index contributed by atoms with van der Waals surface area (Å²) in [5.41, 5.74) is 3.15. The molecule has 1 N–H and O–H groups in total. The van der Waals surface area contributed by atoms with E-state index in [4.69, 9.17) is 4.74 Å². The fourth-order valence-corrected chi connectivity index (χ4v) is 4.68. The molecular formula is C26H26O3. The second-order valence-corrected chi connectivity index (χ2v) is 7.74. The summed E-state index contributed by atoms with van der Waals surface area (Å²) in [6, 6.07) is 29.8. The topological polar surface area (TPSA) is 46.5 Å². The molecule has 0 aliphatic heterocycles. The lowest BCUT2D eigenvalue weighted by atomic mass is 9.52. The predicted octanol–water partition coefficient (Wildman–Crippen LogP) is 5.10. The molecule has 0 spiro atoms. The molecule has 0 saturated heterocycles. The van der Waals surface area contributed by atoms with Gasteiger partial charge in [0.1, 0.15) is 6.29 Å². The van der Waals surface area contributed by atoms with Crippen molar-refractivity contribution in [3.05, 3.63) is 108 Å². The van der Waals surface area contributed by atoms with Crippen molar-refractivity contribution < 1.29 is 14.6 Å². The van der Waals surface area contributed by atoms with Gasteiger partial charge in [-0.15, -0.1) is 0 Å². The van der Waals surface area contributed by atoms with Gasteiger partial charge in [0.25, 0.3) is 0 Å². The van der Waals surface area contributed by atoms with Crippen molar-refractivity contribution in [3.63, 3.8) is 0 Å². The van der Waals surface area contributed by atoms with E-state index in [1.807, 2.05) is 97.9 Å². The summed E-state index contributed by atoms with van der Waals surface area (Å²) >= 11 is 0. The van der Waals surface area contributed by atoms with E-state index in [1.54, 1.807) is 0 Å². The molecule has 148 valence electrons. The van der Waals surface area contributed by atoms with Crippen LogP contribution in [0, 0.1) is 11.8 Å². The largest absolute Gasteiger partial charge is 0.368 e. The third-order valence-electron chi connectivity index (χ3n) is 6.13. The van der Waals surface area contributed by atoms with Crippen LogP contribution in [0.2, 0.25) is 0 Å². The maximum absolute atomic E-state index is 12.0. The van der Waals surface area contributed by atoms with Crippen molar-refractivity contribution in [2.24, 2.45) is 11.8 Å². The Morgan fingerprint density at radius 1 is 0.793 bits per heavy atom. The predicted molar refractivity (Wildman–Crippen MR) is 113 cm³/mol. The highest BCUT2D eigenvalue weighted by molar-refractivity contribution is 5.62. The number of carbonyl (C=O) groups excluding carboxylic acids is 1. The molecule has 1 saturated carbocycles. The van der Waals surface area contributed by atoms with Crippen LogP contribution in [-0.2, 0) is 9.53 Å². The molecule has 0 amide bonds. The molecule has 3 aromatic carbocycles. The van der Waals surface area contributed by atoms with Crippen LogP contribution in [0.3, 0.4) is 0 Å². The van der Waals surface area contributed by atoms with Gasteiger partial charge in [-0.25, -0.2) is 0 Å². The number of hydrogen-bond acceptors (Lipinski definition) is 3. The number of carbonyl (C=O) groups is 1. The Morgan fingerprint density at radius 3 is 1.69 bits per heavy atom. The summed E-state index contributed by atoms with van der Waals surface area (Å²) in [4.78, 5) is 12.0. The van der Waals surface area contributed by atoms with Crippen LogP contribution >= 0.6 is 0 Å². The van der Waals surface area contributed by atoms with Crippen molar-refractivity contribution in [1.82, 2.24) is 0 Å². The van der Waals surface area contributed by atoms with E-state index in [0.29, 0.717) is 0 Å². The molecule has 3 aromatic rings. The molecule has 5 unspecified atom stereocenters. The standard InChI is InChI=1S/C26H26O3/c1-18(19-11-5-2-6-12-19)29-26(28)25-23(20-13-7-3-8-14-20)22(17-27)24(25)21-15-9-4-10-16-21/h2-18,22-26,28H,1H3/t18?,22?,23-,24?,25?,26?/m1/s1. The molecule has 4 rings (SSSR count). The zero-order valence-electron chi connectivity index (χ0n) is 16.5. The lowest BCUT2D eigenvalue weighted by Gasteiger charge is -2.52. The highest BCUT2D eigenvalue weighted by Crippen LogP contribution is 2.58. The fraction of sp³-hybridized carbons (Fsp3) is 0.269. The van der Waals surface area contributed by atoms with Crippen molar-refractivity contribution in [2.45, 2.75) is 31.2 Å². The quantitative estimate of drug-likeness (QED) is 0.454. The van der Waals surface area contributed by atoms with E-state index in [1.165, 1.54) is 0 Å². The Morgan fingerprint density at radius 2 is 1.24 bits per heavy atom. The molecule has 29 heavy (non-hydrogen) atoms. The first kappa shape index (κ1) is 19.6. The zero-order chi connectivity index (χ0) is 20.2. The summed E-state index contributed by atoms with van der Waals surface area (Å²) < 4.78 is 6.08. The summed E-state index contributed by atoms with van der Waals surface area (Å²) in [6.07, 6.45) is -0.176. The number of aldehydes is 1. The maximum Gasteiger partial charge on any atom is 0.159 e. The Bertz CT molecular complexity index is 863. The highest BCUT2D eigenvalue weighted by atomic mass is 16.6. The lowest BCUT2D eigenvalue weighted by Crippen LogP contribution is -2.50. The summed E-state index contributed by atoms with van der Waals surface area (Å²) in [7, 11) is 0. The molecule has 1 aliphatic rings. The first-order chi connectivity index (χ1) is 14.2. The van der Waals surface area contributed by atoms with E-state index in [2.05, 4.69) is 0 Å². The molecule has 0 radical (unpaired) electrons. The Labute approximate surface area is 172 Å². The number of hydrogen-bond donors (Lipinski definition) is 1. The van der Waals surface area contributed by atoms with Gasteiger partial charge in [-0.2, -0.15) is 0 Å². The molecule has 1 aliphatic carbocycles. The van der Waals surface area contributed by atoms with Crippen molar-refractivity contribution in [1.29, 1.82) is 0 Å². The van der Waals surface area contributed by atoms with Crippen LogP contribution in [0.25, 0.3) is 0 Å². The van der Waals surface area contributed by atoms with Gasteiger partial charge >= 0.3 is 0 Å². The molecule has 3 nitrogen and oxygen atoms in total. The van der Waals surface area contributed by atoms with Crippen LogP contribution < -0.4 is 0 Å². The Kier molecular flexibility index (Phi) is 5.89. The van der Waals surface area contributed by atoms with Crippen molar-refractivity contribution >= 4 is 6.29 Å². The van der Waals surface area contributed by atoms with Gasteiger partial charge in [0.05, 0.1) is 6.10 Å². The second kappa shape index (κ2) is 8.73. The number of aliphatic hydroxyl groups is 1. The van der Waals surface area contributed by atoms with Gasteiger partial charge in [-0.05, 0) is 23.6 Å². The highest BCUT2D eigenvalue weighted by Gasteiger charge is 2.55. The third kappa shape index (κ3) is 3.89. The van der Waals surface area contributed by atoms with Gasteiger partial charge in [0.15, 0.2) is 6.29 Å². The molecule has 0 aromatic heterocycles. The average Bonchev–Trinajstić information content (AvgIpc) is 2.75. The number of ether oxygens (including phenoxy) is 1. The normalized spacial score (nSPS) is 25.6. The van der Waals surface area contributed by atoms with Crippen LogP contribution in [0.4, 0.5) is 0 Å². The van der Waals surface area contributed by atoms with Crippen LogP contribution in [0.5, 0.6) is 0 Å². The SMILES string of the molecule is CC(OC(O)C1C(c2ccccc2)C(C=O)[C@H]1c1ccccc1)c1ccccc1. The second-order valence-electron chi connectivity index (χ2n) is 7.74. The first-order valence-electron chi connectivity index (χ1n) is 10.1.